The standard InChI is InChI=1S/C23H23ClN4O2/c1-17(29)25-13-14-26-22(30)12-11-20-16-28(15-19-9-5-6-10-21(19)24)27-23(20)18-7-3-2-4-8-18/h2-12,16H,13-15H2,1H3,(H,25,29)(H,26,30). The van der Waals surface area contributed by atoms with Crippen molar-refractivity contribution in [3.05, 3.63) is 83.0 Å². The van der Waals surface area contributed by atoms with E-state index in [-0.39, 0.29) is 11.8 Å². The van der Waals surface area contributed by atoms with Crippen LogP contribution in [0, 0.1) is 0 Å². The molecule has 1 heterocycles. The number of hydrogen-bond acceptors (Lipinski definition) is 3. The summed E-state index contributed by atoms with van der Waals surface area (Å²) in [5.41, 5.74) is 3.53. The third kappa shape index (κ3) is 6.06. The van der Waals surface area contributed by atoms with Gasteiger partial charge in [0.05, 0.1) is 12.2 Å². The number of halogens is 1. The lowest BCUT2D eigenvalue weighted by atomic mass is 10.1. The van der Waals surface area contributed by atoms with Crippen LogP contribution >= 0.6 is 11.6 Å². The number of nitrogens with zero attached hydrogens (tertiary/aromatic N) is 2. The van der Waals surface area contributed by atoms with Crippen LogP contribution in [0.3, 0.4) is 0 Å². The number of hydrogen-bond donors (Lipinski definition) is 2. The Morgan fingerprint density at radius 3 is 2.47 bits per heavy atom. The van der Waals surface area contributed by atoms with E-state index in [2.05, 4.69) is 10.6 Å². The highest BCUT2D eigenvalue weighted by Crippen LogP contribution is 2.24. The van der Waals surface area contributed by atoms with Gasteiger partial charge in [0.15, 0.2) is 0 Å². The second-order valence-electron chi connectivity index (χ2n) is 6.70. The predicted molar refractivity (Wildman–Crippen MR) is 119 cm³/mol. The normalized spacial score (nSPS) is 10.9. The Bertz CT molecular complexity index is 1040. The van der Waals surface area contributed by atoms with Gasteiger partial charge in [0.25, 0.3) is 0 Å². The maximum Gasteiger partial charge on any atom is 0.244 e. The van der Waals surface area contributed by atoms with E-state index in [9.17, 15) is 9.59 Å². The number of carbonyl (C=O) groups excluding carboxylic acids is 2. The highest BCUT2D eigenvalue weighted by molar-refractivity contribution is 6.31. The van der Waals surface area contributed by atoms with Crippen molar-refractivity contribution >= 4 is 29.5 Å². The van der Waals surface area contributed by atoms with Crippen molar-refractivity contribution in [3.63, 3.8) is 0 Å². The van der Waals surface area contributed by atoms with Gasteiger partial charge in [-0.05, 0) is 17.7 Å². The van der Waals surface area contributed by atoms with Gasteiger partial charge in [0.1, 0.15) is 0 Å². The van der Waals surface area contributed by atoms with Crippen molar-refractivity contribution in [2.24, 2.45) is 0 Å². The second-order valence-corrected chi connectivity index (χ2v) is 7.10. The van der Waals surface area contributed by atoms with Gasteiger partial charge in [-0.1, -0.05) is 60.1 Å². The first kappa shape index (κ1) is 21.3. The number of carbonyl (C=O) groups is 2. The molecule has 7 heteroatoms. The first-order valence-electron chi connectivity index (χ1n) is 9.59. The van der Waals surface area contributed by atoms with Gasteiger partial charge in [-0.15, -0.1) is 0 Å². The van der Waals surface area contributed by atoms with E-state index in [0.717, 1.165) is 22.4 Å². The predicted octanol–water partition coefficient (Wildman–Crippen LogP) is 3.52. The average Bonchev–Trinajstić information content (AvgIpc) is 3.14. The van der Waals surface area contributed by atoms with Crippen molar-refractivity contribution < 1.29 is 9.59 Å². The third-order valence-electron chi connectivity index (χ3n) is 4.34. The summed E-state index contributed by atoms with van der Waals surface area (Å²) < 4.78 is 1.82. The van der Waals surface area contributed by atoms with E-state index >= 15 is 0 Å². The van der Waals surface area contributed by atoms with Gasteiger partial charge in [-0.2, -0.15) is 5.10 Å². The molecular formula is C23H23ClN4O2. The fourth-order valence-corrected chi connectivity index (χ4v) is 3.11. The van der Waals surface area contributed by atoms with Crippen LogP contribution in [-0.2, 0) is 16.1 Å². The molecular weight excluding hydrogens is 400 g/mol. The van der Waals surface area contributed by atoms with E-state index in [1.54, 1.807) is 6.08 Å². The summed E-state index contributed by atoms with van der Waals surface area (Å²) in [6, 6.07) is 17.4. The summed E-state index contributed by atoms with van der Waals surface area (Å²) in [4.78, 5) is 23.0. The molecule has 0 aliphatic heterocycles. The summed E-state index contributed by atoms with van der Waals surface area (Å²) in [7, 11) is 0. The monoisotopic (exact) mass is 422 g/mol. The minimum atomic E-state index is -0.238. The van der Waals surface area contributed by atoms with Crippen LogP contribution in [0.4, 0.5) is 0 Å². The molecule has 1 aromatic heterocycles. The van der Waals surface area contributed by atoms with E-state index in [4.69, 9.17) is 16.7 Å². The molecule has 30 heavy (non-hydrogen) atoms. The number of amides is 2. The molecule has 154 valence electrons. The Labute approximate surface area is 180 Å². The Kier molecular flexibility index (Phi) is 7.40. The van der Waals surface area contributed by atoms with Crippen LogP contribution in [0.5, 0.6) is 0 Å². The average molecular weight is 423 g/mol. The summed E-state index contributed by atoms with van der Waals surface area (Å²) in [5.74, 6) is -0.364. The van der Waals surface area contributed by atoms with Crippen molar-refractivity contribution in [2.45, 2.75) is 13.5 Å². The summed E-state index contributed by atoms with van der Waals surface area (Å²) in [5, 5.41) is 10.8. The molecule has 0 fully saturated rings. The third-order valence-corrected chi connectivity index (χ3v) is 4.71. The molecule has 2 N–H and O–H groups in total. The smallest absolute Gasteiger partial charge is 0.244 e. The molecule has 6 nitrogen and oxygen atoms in total. The summed E-state index contributed by atoms with van der Waals surface area (Å²) >= 11 is 6.29. The van der Waals surface area contributed by atoms with Gasteiger partial charge >= 0.3 is 0 Å². The van der Waals surface area contributed by atoms with Crippen LogP contribution in [0.2, 0.25) is 5.02 Å². The van der Waals surface area contributed by atoms with Gasteiger partial charge in [-0.3, -0.25) is 14.3 Å². The van der Waals surface area contributed by atoms with E-state index in [1.807, 2.05) is 65.5 Å². The minimum absolute atomic E-state index is 0.127. The first-order valence-corrected chi connectivity index (χ1v) is 9.97. The lowest BCUT2D eigenvalue weighted by molar-refractivity contribution is -0.119. The van der Waals surface area contributed by atoms with Gasteiger partial charge < -0.3 is 10.6 Å². The highest BCUT2D eigenvalue weighted by Gasteiger charge is 2.11. The van der Waals surface area contributed by atoms with Crippen molar-refractivity contribution in [3.8, 4) is 11.3 Å². The number of benzene rings is 2. The molecule has 0 saturated carbocycles. The number of rotatable bonds is 8. The maximum atomic E-state index is 12.1. The van der Waals surface area contributed by atoms with Crippen molar-refractivity contribution in [1.29, 1.82) is 0 Å². The minimum Gasteiger partial charge on any atom is -0.355 e. The molecule has 0 spiro atoms. The lowest BCUT2D eigenvalue weighted by Gasteiger charge is -2.04. The SMILES string of the molecule is CC(=O)NCCNC(=O)C=Cc1cn(Cc2ccccc2Cl)nc1-c1ccccc1. The van der Waals surface area contributed by atoms with Crippen LogP contribution in [0.25, 0.3) is 17.3 Å². The van der Waals surface area contributed by atoms with Crippen LogP contribution in [-0.4, -0.2) is 34.7 Å². The molecule has 0 atom stereocenters. The zero-order valence-electron chi connectivity index (χ0n) is 16.6. The Morgan fingerprint density at radius 2 is 1.73 bits per heavy atom. The molecule has 0 bridgehead atoms. The Morgan fingerprint density at radius 1 is 1.03 bits per heavy atom. The topological polar surface area (TPSA) is 76.0 Å². The molecule has 3 aromatic rings. The van der Waals surface area contributed by atoms with E-state index in [0.29, 0.717) is 24.7 Å². The molecule has 0 unspecified atom stereocenters. The van der Waals surface area contributed by atoms with Gasteiger partial charge in [-0.25, -0.2) is 0 Å². The van der Waals surface area contributed by atoms with E-state index < -0.39 is 0 Å². The number of nitrogens with one attached hydrogen (secondary N) is 2. The summed E-state index contributed by atoms with van der Waals surface area (Å²) in [6.45, 7) is 2.71. The lowest BCUT2D eigenvalue weighted by Crippen LogP contribution is -2.32. The first-order chi connectivity index (χ1) is 14.5. The van der Waals surface area contributed by atoms with Crippen LogP contribution in [0.15, 0.2) is 66.9 Å². The zero-order chi connectivity index (χ0) is 21.3. The summed E-state index contributed by atoms with van der Waals surface area (Å²) in [6.07, 6.45) is 5.11. The fraction of sp³-hybridized carbons (Fsp3) is 0.174. The molecule has 0 aliphatic rings. The van der Waals surface area contributed by atoms with Crippen LogP contribution < -0.4 is 10.6 Å². The van der Waals surface area contributed by atoms with Gasteiger partial charge in [0, 0.05) is 48.4 Å². The highest BCUT2D eigenvalue weighted by atomic mass is 35.5. The van der Waals surface area contributed by atoms with E-state index in [1.165, 1.54) is 13.0 Å². The molecule has 0 aliphatic carbocycles. The zero-order valence-corrected chi connectivity index (χ0v) is 17.4. The maximum absolute atomic E-state index is 12.1. The number of aromatic nitrogens is 2. The molecule has 2 aromatic carbocycles. The van der Waals surface area contributed by atoms with Crippen LogP contribution in [0.1, 0.15) is 18.1 Å². The second kappa shape index (κ2) is 10.4. The Balaban J connectivity index is 1.78. The molecule has 0 saturated heterocycles. The van der Waals surface area contributed by atoms with Crippen molar-refractivity contribution in [2.75, 3.05) is 13.1 Å². The molecule has 2 amide bonds. The largest absolute Gasteiger partial charge is 0.355 e. The Hall–Kier alpha value is -3.38. The molecule has 3 rings (SSSR count). The van der Waals surface area contributed by atoms with Crippen molar-refractivity contribution in [1.82, 2.24) is 20.4 Å². The molecule has 0 radical (unpaired) electrons. The quantitative estimate of drug-likeness (QED) is 0.430. The fourth-order valence-electron chi connectivity index (χ4n) is 2.91. The van der Waals surface area contributed by atoms with Gasteiger partial charge in [0.2, 0.25) is 11.8 Å².